The van der Waals surface area contributed by atoms with Gasteiger partial charge >= 0.3 is 6.18 Å². The van der Waals surface area contributed by atoms with Gasteiger partial charge in [-0.05, 0) is 45.0 Å². The molecule has 0 saturated carbocycles. The predicted molar refractivity (Wildman–Crippen MR) is 125 cm³/mol. The first-order valence-corrected chi connectivity index (χ1v) is 12.2. The molecule has 36 heavy (non-hydrogen) atoms. The Morgan fingerprint density at radius 2 is 1.89 bits per heavy atom. The van der Waals surface area contributed by atoms with Crippen LogP contribution in [0.3, 0.4) is 0 Å². The highest BCUT2D eigenvalue weighted by Gasteiger charge is 2.49. The molecule has 0 aliphatic carbocycles. The molecule has 0 bridgehead atoms. The van der Waals surface area contributed by atoms with Crippen molar-refractivity contribution in [2.75, 3.05) is 17.7 Å². The lowest BCUT2D eigenvalue weighted by Crippen LogP contribution is -2.54. The van der Waals surface area contributed by atoms with Crippen molar-refractivity contribution in [2.24, 2.45) is 10.7 Å². The van der Waals surface area contributed by atoms with Crippen molar-refractivity contribution in [1.82, 2.24) is 15.0 Å². The molecule has 3 aromatic rings. The van der Waals surface area contributed by atoms with E-state index in [1.165, 1.54) is 45.2 Å². The van der Waals surface area contributed by atoms with Crippen molar-refractivity contribution in [3.05, 3.63) is 48.0 Å². The molecular formula is C22H22F4N6O3S. The van der Waals surface area contributed by atoms with Gasteiger partial charge in [-0.25, -0.2) is 27.8 Å². The number of aliphatic imine (C=N–C) groups is 1. The average molecular weight is 527 g/mol. The molecule has 3 heterocycles. The maximum absolute atomic E-state index is 14.9. The smallest absolute Gasteiger partial charge is 0.422 e. The van der Waals surface area contributed by atoms with Gasteiger partial charge < -0.3 is 15.8 Å². The van der Waals surface area contributed by atoms with Crippen molar-refractivity contribution in [3.63, 3.8) is 0 Å². The van der Waals surface area contributed by atoms with E-state index in [2.05, 4.69) is 30.0 Å². The summed E-state index contributed by atoms with van der Waals surface area (Å²) in [6, 6.07) is 5.40. The zero-order valence-corrected chi connectivity index (χ0v) is 20.2. The van der Waals surface area contributed by atoms with Crippen LogP contribution in [0.2, 0.25) is 0 Å². The molecule has 0 unspecified atom stereocenters. The Labute approximate surface area is 203 Å². The van der Waals surface area contributed by atoms with E-state index in [-0.39, 0.29) is 34.1 Å². The molecule has 0 saturated heterocycles. The van der Waals surface area contributed by atoms with Gasteiger partial charge in [-0.15, -0.1) is 0 Å². The lowest BCUT2D eigenvalue weighted by Gasteiger charge is -2.38. The zero-order valence-electron chi connectivity index (χ0n) is 19.4. The van der Waals surface area contributed by atoms with E-state index >= 15 is 0 Å². The highest BCUT2D eigenvalue weighted by atomic mass is 32.2. The number of alkyl halides is 3. The Bertz CT molecular complexity index is 1480. The fourth-order valence-electron chi connectivity index (χ4n) is 3.68. The van der Waals surface area contributed by atoms with Gasteiger partial charge in [0.25, 0.3) is 0 Å². The highest BCUT2D eigenvalue weighted by molar-refractivity contribution is 7.93. The van der Waals surface area contributed by atoms with Gasteiger partial charge in [0, 0.05) is 17.4 Å². The van der Waals surface area contributed by atoms with Gasteiger partial charge in [0.05, 0.1) is 17.5 Å². The number of anilines is 2. The molecule has 9 nitrogen and oxygen atoms in total. The van der Waals surface area contributed by atoms with E-state index in [1.54, 1.807) is 0 Å². The summed E-state index contributed by atoms with van der Waals surface area (Å²) < 4.78 is 81.1. The van der Waals surface area contributed by atoms with Crippen molar-refractivity contribution >= 4 is 38.2 Å². The van der Waals surface area contributed by atoms with Gasteiger partial charge in [0.1, 0.15) is 27.5 Å². The molecule has 14 heteroatoms. The molecular weight excluding hydrogens is 504 g/mol. The number of halogens is 4. The summed E-state index contributed by atoms with van der Waals surface area (Å²) >= 11 is 0. The van der Waals surface area contributed by atoms with Crippen LogP contribution >= 0.6 is 0 Å². The molecule has 1 aromatic carbocycles. The second-order valence-corrected chi connectivity index (χ2v) is 11.5. The van der Waals surface area contributed by atoms with E-state index < -0.39 is 44.5 Å². The van der Waals surface area contributed by atoms with Crippen LogP contribution in [0.1, 0.15) is 26.3 Å². The summed E-state index contributed by atoms with van der Waals surface area (Å²) in [5, 5.41) is 2.96. The largest absolute Gasteiger partial charge is 0.467 e. The van der Waals surface area contributed by atoms with Crippen LogP contribution in [0, 0.1) is 5.82 Å². The van der Waals surface area contributed by atoms with Crippen molar-refractivity contribution in [1.29, 1.82) is 0 Å². The monoisotopic (exact) mass is 526 g/mol. The van der Waals surface area contributed by atoms with Crippen LogP contribution in [0.4, 0.5) is 29.1 Å². The maximum atomic E-state index is 14.9. The molecule has 0 spiro atoms. The number of nitrogens with two attached hydrogens (primary N) is 1. The first kappa shape index (κ1) is 25.5. The molecule has 0 amide bonds. The number of hydrogen-bond acceptors (Lipinski definition) is 9. The Morgan fingerprint density at radius 3 is 2.56 bits per heavy atom. The summed E-state index contributed by atoms with van der Waals surface area (Å²) in [4.78, 5) is 16.6. The standard InChI is InChI=1S/C22H22F4N6O3S/c1-20(2)19(27)32-21(3,11-36(20,33)34)13-8-12(4-5-14(13)23)30-18-17-15(6-7-28-18)31-16(9-29-17)35-10-22(24,25)26/h4-9H,10-11H2,1-3H3,(H2,27,32)(H,28,30)/t21-/m0/s1. The Morgan fingerprint density at radius 1 is 1.17 bits per heavy atom. The van der Waals surface area contributed by atoms with Crippen LogP contribution in [0.15, 0.2) is 41.7 Å². The third kappa shape index (κ3) is 4.76. The lowest BCUT2D eigenvalue weighted by atomic mass is 9.92. The topological polar surface area (TPSA) is 132 Å². The normalized spacial score (nSPS) is 21.1. The maximum Gasteiger partial charge on any atom is 0.422 e. The van der Waals surface area contributed by atoms with E-state index in [0.29, 0.717) is 5.69 Å². The van der Waals surface area contributed by atoms with Crippen molar-refractivity contribution < 1.29 is 30.7 Å². The van der Waals surface area contributed by atoms with E-state index in [4.69, 9.17) is 5.73 Å². The molecule has 192 valence electrons. The number of sulfone groups is 1. The summed E-state index contributed by atoms with van der Waals surface area (Å²) in [7, 11) is -3.76. The minimum absolute atomic E-state index is 0.00341. The number of ether oxygens (including phenoxy) is 1. The van der Waals surface area contributed by atoms with Crippen LogP contribution < -0.4 is 15.8 Å². The third-order valence-electron chi connectivity index (χ3n) is 5.86. The zero-order chi connectivity index (χ0) is 26.5. The van der Waals surface area contributed by atoms with Crippen molar-refractivity contribution in [3.8, 4) is 5.88 Å². The second kappa shape index (κ2) is 8.54. The number of pyridine rings is 1. The van der Waals surface area contributed by atoms with Gasteiger partial charge in [-0.1, -0.05) is 0 Å². The molecule has 1 atom stereocenters. The van der Waals surface area contributed by atoms with Gasteiger partial charge in [-0.2, -0.15) is 13.2 Å². The summed E-state index contributed by atoms with van der Waals surface area (Å²) in [6.07, 6.45) is -2.13. The first-order valence-electron chi connectivity index (χ1n) is 10.6. The number of nitrogens with one attached hydrogen (secondary N) is 1. The number of aromatic nitrogens is 3. The number of fused-ring (bicyclic) bond motifs is 1. The molecule has 1 aliphatic heterocycles. The molecule has 0 fully saturated rings. The average Bonchev–Trinajstić information content (AvgIpc) is 2.77. The first-order chi connectivity index (χ1) is 16.6. The summed E-state index contributed by atoms with van der Waals surface area (Å²) in [5.74, 6) is -1.38. The molecule has 4 rings (SSSR count). The Kier molecular flexibility index (Phi) is 6.06. The van der Waals surface area contributed by atoms with Crippen LogP contribution in [-0.2, 0) is 15.4 Å². The minimum atomic E-state index is -4.53. The second-order valence-electron chi connectivity index (χ2n) is 9.00. The van der Waals surface area contributed by atoms with Crippen molar-refractivity contribution in [2.45, 2.75) is 37.2 Å². The molecule has 0 radical (unpaired) electrons. The predicted octanol–water partition coefficient (Wildman–Crippen LogP) is 3.63. The molecule has 3 N–H and O–H groups in total. The van der Waals surface area contributed by atoms with Crippen LogP contribution in [0.25, 0.3) is 11.0 Å². The Balaban J connectivity index is 1.68. The van der Waals surface area contributed by atoms with E-state index in [9.17, 15) is 26.0 Å². The third-order valence-corrected chi connectivity index (χ3v) is 8.57. The highest BCUT2D eigenvalue weighted by Crippen LogP contribution is 2.39. The minimum Gasteiger partial charge on any atom is -0.467 e. The molecule has 2 aromatic heterocycles. The Hall–Kier alpha value is -3.55. The summed E-state index contributed by atoms with van der Waals surface area (Å²) in [5.41, 5.74) is 5.26. The summed E-state index contributed by atoms with van der Waals surface area (Å²) in [6.45, 7) is 2.86. The van der Waals surface area contributed by atoms with E-state index in [1.807, 2.05) is 0 Å². The fraction of sp³-hybridized carbons (Fsp3) is 0.364. The SMILES string of the molecule is CC1(C)C(N)=N[C@](C)(c2cc(Nc3nccc4nc(OCC(F)(F)F)cnc34)ccc2F)CS1(=O)=O. The number of nitrogens with zero attached hydrogens (tertiary/aromatic N) is 4. The lowest BCUT2D eigenvalue weighted by molar-refractivity contribution is -0.154. The fourth-order valence-corrected chi connectivity index (χ4v) is 5.36. The van der Waals surface area contributed by atoms with Gasteiger partial charge in [0.15, 0.2) is 22.3 Å². The number of benzene rings is 1. The van der Waals surface area contributed by atoms with E-state index in [0.717, 1.165) is 12.3 Å². The van der Waals surface area contributed by atoms with Gasteiger partial charge in [-0.3, -0.25) is 4.99 Å². The number of hydrogen-bond donors (Lipinski definition) is 2. The quantitative estimate of drug-likeness (QED) is 0.482. The number of rotatable bonds is 5. The molecule has 1 aliphatic rings. The number of amidine groups is 1. The van der Waals surface area contributed by atoms with Crippen LogP contribution in [0.5, 0.6) is 5.88 Å². The van der Waals surface area contributed by atoms with Crippen LogP contribution in [-0.4, -0.2) is 52.5 Å². The van der Waals surface area contributed by atoms with Gasteiger partial charge in [0.2, 0.25) is 5.88 Å².